The highest BCUT2D eigenvalue weighted by molar-refractivity contribution is 6.08. The predicted octanol–water partition coefficient (Wildman–Crippen LogP) is 3.55. The fourth-order valence-corrected chi connectivity index (χ4v) is 4.18. The fourth-order valence-electron chi connectivity index (χ4n) is 4.18. The molecule has 0 aliphatic carbocycles. The average Bonchev–Trinajstić information content (AvgIpc) is 2.95. The molecule has 11 heteroatoms. The number of imide groups is 1. The number of aryl methyl sites for hydroxylation is 1. The Balaban J connectivity index is 1.63. The van der Waals surface area contributed by atoms with Crippen molar-refractivity contribution < 1.29 is 29.1 Å². The van der Waals surface area contributed by atoms with Crippen molar-refractivity contribution in [1.29, 1.82) is 0 Å². The number of carbonyl (C=O) groups is 5. The van der Waals surface area contributed by atoms with E-state index in [-0.39, 0.29) is 13.0 Å². The van der Waals surface area contributed by atoms with Crippen LogP contribution in [0.25, 0.3) is 0 Å². The molecular weight excluding hydrogens is 490 g/mol. The summed E-state index contributed by atoms with van der Waals surface area (Å²) in [6, 6.07) is 13.3. The van der Waals surface area contributed by atoms with Gasteiger partial charge >= 0.3 is 18.0 Å². The number of benzene rings is 2. The quantitative estimate of drug-likeness (QED) is 0.370. The summed E-state index contributed by atoms with van der Waals surface area (Å²) in [7, 11) is 0. The highest BCUT2D eigenvalue weighted by Crippen LogP contribution is 2.30. The third-order valence-corrected chi connectivity index (χ3v) is 6.22. The molecule has 11 nitrogen and oxygen atoms in total. The summed E-state index contributed by atoms with van der Waals surface area (Å²) in [5.41, 5.74) is 0.656. The van der Waals surface area contributed by atoms with Crippen molar-refractivity contribution in [3.05, 3.63) is 59.7 Å². The third-order valence-electron chi connectivity index (χ3n) is 6.22. The Morgan fingerprint density at radius 2 is 1.61 bits per heavy atom. The molecule has 0 atom stereocenters. The first-order chi connectivity index (χ1) is 17.7. The normalized spacial score (nSPS) is 14.9. The zero-order valence-corrected chi connectivity index (χ0v) is 22.1. The molecule has 2 aromatic rings. The first-order valence-electron chi connectivity index (χ1n) is 12.1. The molecule has 202 valence electrons. The van der Waals surface area contributed by atoms with Crippen molar-refractivity contribution in [2.24, 2.45) is 0 Å². The molecule has 1 saturated heterocycles. The van der Waals surface area contributed by atoms with Crippen LogP contribution in [-0.4, -0.2) is 62.4 Å². The molecule has 2 aromatic carbocycles. The van der Waals surface area contributed by atoms with E-state index in [2.05, 4.69) is 16.0 Å². The minimum absolute atomic E-state index is 0.107. The van der Waals surface area contributed by atoms with Crippen molar-refractivity contribution in [3.63, 3.8) is 0 Å². The van der Waals surface area contributed by atoms with Gasteiger partial charge in [-0.3, -0.25) is 19.3 Å². The molecule has 0 saturated carbocycles. The predicted molar refractivity (Wildman–Crippen MR) is 141 cm³/mol. The largest absolute Gasteiger partial charge is 0.481 e. The van der Waals surface area contributed by atoms with Crippen molar-refractivity contribution >= 4 is 41.2 Å². The van der Waals surface area contributed by atoms with Gasteiger partial charge in [0.05, 0.1) is 6.42 Å². The van der Waals surface area contributed by atoms with Crippen LogP contribution in [0.4, 0.5) is 21.0 Å². The molecule has 4 N–H and O–H groups in total. The van der Waals surface area contributed by atoms with E-state index in [1.54, 1.807) is 58.0 Å². The first-order valence-corrected chi connectivity index (χ1v) is 12.1. The number of rotatable bonds is 9. The highest BCUT2D eigenvalue weighted by atomic mass is 16.4. The maximum absolute atomic E-state index is 13.1. The number of nitrogens with one attached hydrogen (secondary N) is 3. The van der Waals surface area contributed by atoms with E-state index in [0.717, 1.165) is 16.0 Å². The van der Waals surface area contributed by atoms with Crippen LogP contribution in [0.1, 0.15) is 45.2 Å². The summed E-state index contributed by atoms with van der Waals surface area (Å²) < 4.78 is 0. The summed E-state index contributed by atoms with van der Waals surface area (Å²) in [6.07, 6.45) is -0.309. The Bertz CT molecular complexity index is 1250. The lowest BCUT2D eigenvalue weighted by Crippen LogP contribution is -2.50. The standard InChI is InChI=1S/C27H33N5O6/c1-17-8-6-7-9-20(17)29-24(37)28-19-12-10-18(11-13-19)15-32-25(38)31(23(36)27(32,4)5)16-21(33)30-26(2,3)14-22(34)35/h6-13H,14-16H2,1-5H3,(H,30,33)(H,34,35)(H2,28,29,37). The van der Waals surface area contributed by atoms with Gasteiger partial charge in [-0.15, -0.1) is 0 Å². The van der Waals surface area contributed by atoms with Gasteiger partial charge in [-0.25, -0.2) is 9.59 Å². The molecule has 0 aromatic heterocycles. The molecule has 38 heavy (non-hydrogen) atoms. The van der Waals surface area contributed by atoms with Crippen LogP contribution in [0.3, 0.4) is 0 Å². The van der Waals surface area contributed by atoms with Gasteiger partial charge in [0.25, 0.3) is 5.91 Å². The second kappa shape index (κ2) is 10.9. The van der Waals surface area contributed by atoms with Gasteiger partial charge in [0.15, 0.2) is 0 Å². The van der Waals surface area contributed by atoms with E-state index < -0.39 is 47.5 Å². The van der Waals surface area contributed by atoms with Gasteiger partial charge in [-0.1, -0.05) is 30.3 Å². The van der Waals surface area contributed by atoms with Gasteiger partial charge in [-0.2, -0.15) is 0 Å². The molecule has 1 heterocycles. The minimum atomic E-state index is -1.20. The molecule has 0 radical (unpaired) electrons. The SMILES string of the molecule is Cc1ccccc1NC(=O)Nc1ccc(CN2C(=O)N(CC(=O)NC(C)(C)CC(=O)O)C(=O)C2(C)C)cc1. The maximum Gasteiger partial charge on any atom is 0.328 e. The number of nitrogens with zero attached hydrogens (tertiary/aromatic N) is 2. The Kier molecular flexibility index (Phi) is 8.09. The smallest absolute Gasteiger partial charge is 0.328 e. The molecule has 6 amide bonds. The van der Waals surface area contributed by atoms with E-state index in [1.807, 2.05) is 25.1 Å². The summed E-state index contributed by atoms with van der Waals surface area (Å²) in [5.74, 6) is -2.24. The van der Waals surface area contributed by atoms with Crippen LogP contribution in [0.5, 0.6) is 0 Å². The summed E-state index contributed by atoms with van der Waals surface area (Å²) in [4.78, 5) is 64.2. The first kappa shape index (κ1) is 28.2. The van der Waals surface area contributed by atoms with Crippen LogP contribution in [-0.2, 0) is 20.9 Å². The van der Waals surface area contributed by atoms with Gasteiger partial charge in [0.1, 0.15) is 12.1 Å². The fraction of sp³-hybridized carbons (Fsp3) is 0.370. The lowest BCUT2D eigenvalue weighted by atomic mass is 10.0. The Labute approximate surface area is 221 Å². The number of carboxylic acid groups (broad SMARTS) is 1. The number of anilines is 2. The van der Waals surface area contributed by atoms with Crippen LogP contribution < -0.4 is 16.0 Å². The van der Waals surface area contributed by atoms with Crippen LogP contribution in [0, 0.1) is 6.92 Å². The molecule has 1 aliphatic heterocycles. The van der Waals surface area contributed by atoms with Crippen molar-refractivity contribution in [2.75, 3.05) is 17.2 Å². The number of aliphatic carboxylic acids is 1. The molecular formula is C27H33N5O6. The van der Waals surface area contributed by atoms with Gasteiger partial charge in [0.2, 0.25) is 5.91 Å². The number of urea groups is 2. The van der Waals surface area contributed by atoms with Gasteiger partial charge < -0.3 is 26.0 Å². The van der Waals surface area contributed by atoms with Crippen molar-refractivity contribution in [2.45, 2.75) is 58.7 Å². The van der Waals surface area contributed by atoms with Crippen molar-refractivity contribution in [3.8, 4) is 0 Å². The molecule has 1 fully saturated rings. The summed E-state index contributed by atoms with van der Waals surface area (Å²) in [6.45, 7) is 7.79. The second-order valence-corrected chi connectivity index (χ2v) is 10.4. The summed E-state index contributed by atoms with van der Waals surface area (Å²) >= 11 is 0. The van der Waals surface area contributed by atoms with Crippen LogP contribution in [0.2, 0.25) is 0 Å². The van der Waals surface area contributed by atoms with E-state index in [9.17, 15) is 24.0 Å². The molecule has 3 rings (SSSR count). The number of para-hydroxylation sites is 1. The van der Waals surface area contributed by atoms with Crippen molar-refractivity contribution in [1.82, 2.24) is 15.1 Å². The number of hydrogen-bond donors (Lipinski definition) is 4. The number of carbonyl (C=O) groups excluding carboxylic acids is 4. The average molecular weight is 524 g/mol. The second-order valence-electron chi connectivity index (χ2n) is 10.4. The lowest BCUT2D eigenvalue weighted by molar-refractivity contribution is -0.139. The Morgan fingerprint density at radius 1 is 0.974 bits per heavy atom. The number of carboxylic acids is 1. The zero-order valence-electron chi connectivity index (χ0n) is 22.1. The zero-order chi connectivity index (χ0) is 28.3. The van der Waals surface area contributed by atoms with E-state index in [4.69, 9.17) is 5.11 Å². The molecule has 0 spiro atoms. The monoisotopic (exact) mass is 523 g/mol. The molecule has 0 bridgehead atoms. The summed E-state index contributed by atoms with van der Waals surface area (Å²) in [5, 5.41) is 17.1. The minimum Gasteiger partial charge on any atom is -0.481 e. The van der Waals surface area contributed by atoms with Gasteiger partial charge in [0, 0.05) is 23.5 Å². The maximum atomic E-state index is 13.1. The van der Waals surface area contributed by atoms with E-state index in [1.165, 1.54) is 4.90 Å². The molecule has 1 aliphatic rings. The Hall–Kier alpha value is -4.41. The number of hydrogen-bond acceptors (Lipinski definition) is 5. The Morgan fingerprint density at radius 3 is 2.21 bits per heavy atom. The van der Waals surface area contributed by atoms with Gasteiger partial charge in [-0.05, 0) is 63.9 Å². The highest BCUT2D eigenvalue weighted by Gasteiger charge is 2.51. The van der Waals surface area contributed by atoms with E-state index in [0.29, 0.717) is 11.4 Å². The number of amides is 6. The topological polar surface area (TPSA) is 148 Å². The van der Waals surface area contributed by atoms with E-state index >= 15 is 0 Å². The third kappa shape index (κ3) is 6.67. The molecule has 0 unspecified atom stereocenters. The van der Waals surface area contributed by atoms with Crippen LogP contribution in [0.15, 0.2) is 48.5 Å². The lowest BCUT2D eigenvalue weighted by Gasteiger charge is -2.27. The van der Waals surface area contributed by atoms with Crippen LogP contribution >= 0.6 is 0 Å².